The van der Waals surface area contributed by atoms with Crippen molar-refractivity contribution >= 4 is 23.0 Å². The van der Waals surface area contributed by atoms with E-state index in [0.29, 0.717) is 5.76 Å². The third kappa shape index (κ3) is 2.08. The Morgan fingerprint density at radius 1 is 1.38 bits per heavy atom. The molecule has 1 atom stereocenters. The van der Waals surface area contributed by atoms with Crippen molar-refractivity contribution in [2.24, 2.45) is 0 Å². The Morgan fingerprint density at radius 2 is 2.14 bits per heavy atom. The number of nitrogens with zero attached hydrogens (tertiary/aromatic N) is 1. The molecule has 0 aliphatic carbocycles. The molecule has 0 saturated heterocycles. The molecule has 0 radical (unpaired) electrons. The van der Waals surface area contributed by atoms with E-state index in [1.54, 1.807) is 26.1 Å². The monoisotopic (exact) mass is 303 g/mol. The van der Waals surface area contributed by atoms with E-state index in [1.165, 1.54) is 16.2 Å². The summed E-state index contributed by atoms with van der Waals surface area (Å²) in [6, 6.07) is 6.32. The van der Waals surface area contributed by atoms with Gasteiger partial charge in [-0.25, -0.2) is 0 Å². The number of hydrogen-bond donors (Lipinski definition) is 1. The fourth-order valence-electron chi connectivity index (χ4n) is 2.42. The van der Waals surface area contributed by atoms with Gasteiger partial charge in [0.2, 0.25) is 5.78 Å². The summed E-state index contributed by atoms with van der Waals surface area (Å²) >= 11 is 1.43. The summed E-state index contributed by atoms with van der Waals surface area (Å²) in [5.74, 6) is -0.797. The van der Waals surface area contributed by atoms with E-state index in [2.05, 4.69) is 0 Å². The molecule has 1 aliphatic heterocycles. The summed E-state index contributed by atoms with van der Waals surface area (Å²) in [5.41, 5.74) is 0.0688. The first kappa shape index (κ1) is 13.6. The van der Waals surface area contributed by atoms with Crippen LogP contribution in [-0.4, -0.2) is 28.7 Å². The molecule has 3 rings (SSSR count). The lowest BCUT2D eigenvalue weighted by molar-refractivity contribution is -0.128. The molecule has 3 heterocycles. The van der Waals surface area contributed by atoms with Crippen LogP contribution in [0.3, 0.4) is 0 Å². The molecule has 0 spiro atoms. The second-order valence-electron chi connectivity index (χ2n) is 4.84. The zero-order chi connectivity index (χ0) is 15.1. The standard InChI is InChI=1S/C15H13NO4S/c1-8-5-6-9(20-8)13(17)11-12(10-4-3-7-21-10)16(2)15(19)14(11)18/h3-7,12,18H,1-2H3. The van der Waals surface area contributed by atoms with Gasteiger partial charge in [-0.3, -0.25) is 9.59 Å². The van der Waals surface area contributed by atoms with Gasteiger partial charge in [-0.2, -0.15) is 0 Å². The highest BCUT2D eigenvalue weighted by Crippen LogP contribution is 2.39. The van der Waals surface area contributed by atoms with Crippen LogP contribution in [0.15, 0.2) is 45.4 Å². The first-order valence-electron chi connectivity index (χ1n) is 6.35. The molecule has 5 nitrogen and oxygen atoms in total. The average Bonchev–Trinajstić information content (AvgIpc) is 3.16. The molecular weight excluding hydrogens is 290 g/mol. The van der Waals surface area contributed by atoms with Gasteiger partial charge in [0.1, 0.15) is 5.76 Å². The third-order valence-electron chi connectivity index (χ3n) is 3.46. The molecule has 1 N–H and O–H groups in total. The molecule has 0 fully saturated rings. The lowest BCUT2D eigenvalue weighted by Crippen LogP contribution is -2.26. The van der Waals surface area contributed by atoms with Crippen molar-refractivity contribution < 1.29 is 19.1 Å². The number of amides is 1. The van der Waals surface area contributed by atoms with Crippen LogP contribution in [0.5, 0.6) is 0 Å². The molecule has 6 heteroatoms. The summed E-state index contributed by atoms with van der Waals surface area (Å²) in [4.78, 5) is 26.8. The maximum Gasteiger partial charge on any atom is 0.289 e. The lowest BCUT2D eigenvalue weighted by atomic mass is 10.0. The predicted molar refractivity (Wildman–Crippen MR) is 77.3 cm³/mol. The van der Waals surface area contributed by atoms with Crippen molar-refractivity contribution in [1.29, 1.82) is 0 Å². The number of hydrogen-bond acceptors (Lipinski definition) is 5. The minimum absolute atomic E-state index is 0.0688. The number of aliphatic hydroxyl groups excluding tert-OH is 1. The van der Waals surface area contributed by atoms with Crippen molar-refractivity contribution in [2.45, 2.75) is 13.0 Å². The minimum atomic E-state index is -0.574. The number of carbonyl (C=O) groups is 2. The third-order valence-corrected chi connectivity index (χ3v) is 4.38. The summed E-state index contributed by atoms with van der Waals surface area (Å²) in [7, 11) is 1.57. The SMILES string of the molecule is Cc1ccc(C(=O)C2=C(O)C(=O)N(C)C2c2cccs2)o1. The van der Waals surface area contributed by atoms with Gasteiger partial charge in [0.15, 0.2) is 11.5 Å². The van der Waals surface area contributed by atoms with Crippen molar-refractivity contribution in [2.75, 3.05) is 7.05 Å². The second kappa shape index (κ2) is 4.89. The van der Waals surface area contributed by atoms with Crippen LogP contribution in [0.25, 0.3) is 0 Å². The van der Waals surface area contributed by atoms with E-state index in [0.717, 1.165) is 4.88 Å². The number of thiophene rings is 1. The quantitative estimate of drug-likeness (QED) is 0.885. The highest BCUT2D eigenvalue weighted by atomic mass is 32.1. The van der Waals surface area contributed by atoms with E-state index >= 15 is 0 Å². The Bertz CT molecular complexity index is 742. The van der Waals surface area contributed by atoms with Gasteiger partial charge >= 0.3 is 0 Å². The van der Waals surface area contributed by atoms with Gasteiger partial charge in [0.25, 0.3) is 5.91 Å². The number of aliphatic hydroxyl groups is 1. The zero-order valence-corrected chi connectivity index (χ0v) is 12.3. The Kier molecular flexibility index (Phi) is 3.17. The molecule has 2 aromatic heterocycles. The van der Waals surface area contributed by atoms with Crippen molar-refractivity contribution in [3.63, 3.8) is 0 Å². The van der Waals surface area contributed by atoms with Crippen molar-refractivity contribution in [3.05, 3.63) is 57.4 Å². The smallest absolute Gasteiger partial charge is 0.289 e. The number of ketones is 1. The van der Waals surface area contributed by atoms with Crippen molar-refractivity contribution in [3.8, 4) is 0 Å². The Labute approximate surface area is 125 Å². The molecular formula is C15H13NO4S. The summed E-state index contributed by atoms with van der Waals surface area (Å²) in [6.07, 6.45) is 0. The molecule has 1 aliphatic rings. The average molecular weight is 303 g/mol. The van der Waals surface area contributed by atoms with Gasteiger partial charge in [-0.15, -0.1) is 11.3 Å². The maximum absolute atomic E-state index is 12.6. The fraction of sp³-hybridized carbons (Fsp3) is 0.200. The summed E-state index contributed by atoms with van der Waals surface area (Å²) < 4.78 is 5.32. The van der Waals surface area contributed by atoms with Crippen LogP contribution in [0, 0.1) is 6.92 Å². The van der Waals surface area contributed by atoms with E-state index < -0.39 is 23.5 Å². The molecule has 1 amide bonds. The number of carbonyl (C=O) groups excluding carboxylic acids is 2. The molecule has 1 unspecified atom stereocenters. The topological polar surface area (TPSA) is 70.8 Å². The van der Waals surface area contributed by atoms with Crippen LogP contribution in [0.2, 0.25) is 0 Å². The molecule has 0 saturated carbocycles. The highest BCUT2D eigenvalue weighted by Gasteiger charge is 2.43. The van der Waals surface area contributed by atoms with Gasteiger partial charge in [0.05, 0.1) is 11.6 Å². The zero-order valence-electron chi connectivity index (χ0n) is 11.5. The number of furan rings is 1. The van der Waals surface area contributed by atoms with Gasteiger partial charge < -0.3 is 14.4 Å². The predicted octanol–water partition coefficient (Wildman–Crippen LogP) is 2.86. The Morgan fingerprint density at radius 3 is 2.71 bits per heavy atom. The molecule has 108 valence electrons. The molecule has 21 heavy (non-hydrogen) atoms. The Hall–Kier alpha value is -2.34. The number of likely N-dealkylation sites (N-methyl/N-ethyl adjacent to an activating group) is 1. The van der Waals surface area contributed by atoms with Crippen LogP contribution in [0.4, 0.5) is 0 Å². The first-order valence-corrected chi connectivity index (χ1v) is 7.23. The van der Waals surface area contributed by atoms with Crippen LogP contribution < -0.4 is 0 Å². The first-order chi connectivity index (χ1) is 10.0. The summed E-state index contributed by atoms with van der Waals surface area (Å²) in [6.45, 7) is 1.73. The highest BCUT2D eigenvalue weighted by molar-refractivity contribution is 7.10. The minimum Gasteiger partial charge on any atom is -0.503 e. The van der Waals surface area contributed by atoms with E-state index in [4.69, 9.17) is 4.42 Å². The van der Waals surface area contributed by atoms with Crippen LogP contribution in [0.1, 0.15) is 27.2 Å². The Balaban J connectivity index is 2.08. The fourth-order valence-corrected chi connectivity index (χ4v) is 3.30. The van der Waals surface area contributed by atoms with Crippen LogP contribution >= 0.6 is 11.3 Å². The summed E-state index contributed by atoms with van der Waals surface area (Å²) in [5, 5.41) is 11.9. The van der Waals surface area contributed by atoms with Gasteiger partial charge in [-0.1, -0.05) is 6.07 Å². The number of Topliss-reactive ketones (excluding diaryl/α,β-unsaturated/α-hetero) is 1. The largest absolute Gasteiger partial charge is 0.503 e. The molecule has 0 bridgehead atoms. The maximum atomic E-state index is 12.6. The van der Waals surface area contributed by atoms with Crippen molar-refractivity contribution in [1.82, 2.24) is 4.90 Å². The number of rotatable bonds is 3. The molecule has 0 aromatic carbocycles. The lowest BCUT2D eigenvalue weighted by Gasteiger charge is -2.20. The van der Waals surface area contributed by atoms with E-state index in [1.807, 2.05) is 17.5 Å². The molecule has 2 aromatic rings. The van der Waals surface area contributed by atoms with E-state index in [9.17, 15) is 14.7 Å². The van der Waals surface area contributed by atoms with Gasteiger partial charge in [0, 0.05) is 11.9 Å². The second-order valence-corrected chi connectivity index (χ2v) is 5.81. The number of aryl methyl sites for hydroxylation is 1. The van der Waals surface area contributed by atoms with Gasteiger partial charge in [-0.05, 0) is 30.5 Å². The van der Waals surface area contributed by atoms with E-state index in [-0.39, 0.29) is 11.3 Å². The van der Waals surface area contributed by atoms with Crippen LogP contribution in [-0.2, 0) is 4.79 Å². The normalized spacial score (nSPS) is 18.7.